The average molecular weight is 373 g/mol. The van der Waals surface area contributed by atoms with Crippen LogP contribution in [0.25, 0.3) is 6.08 Å². The Hall–Kier alpha value is -2.40. The molecule has 0 bridgehead atoms. The number of halogens is 1. The molecule has 1 aliphatic rings. The van der Waals surface area contributed by atoms with Crippen molar-refractivity contribution in [3.05, 3.63) is 63.8 Å². The summed E-state index contributed by atoms with van der Waals surface area (Å²) in [6.45, 7) is 1.44. The van der Waals surface area contributed by atoms with E-state index in [0.29, 0.717) is 17.1 Å². The zero-order valence-electron chi connectivity index (χ0n) is 12.3. The van der Waals surface area contributed by atoms with Crippen LogP contribution < -0.4 is 9.47 Å². The van der Waals surface area contributed by atoms with Gasteiger partial charge in [-0.3, -0.25) is 9.59 Å². The zero-order chi connectivity index (χ0) is 16.4. The monoisotopic (exact) mass is 372 g/mol. The highest BCUT2D eigenvalue weighted by molar-refractivity contribution is 9.10. The number of fused-ring (bicyclic) bond motifs is 1. The van der Waals surface area contributed by atoms with E-state index in [0.717, 1.165) is 10.0 Å². The number of allylic oxidation sites excluding steroid dienone is 1. The molecule has 0 spiro atoms. The SMILES string of the molecule is CC(=O)COc1ccc2c(c1)OC(=Cc1ccccc1Br)C2=O. The maximum Gasteiger partial charge on any atom is 0.231 e. The van der Waals surface area contributed by atoms with Gasteiger partial charge in [0.15, 0.2) is 11.5 Å². The van der Waals surface area contributed by atoms with E-state index in [1.54, 1.807) is 24.3 Å². The van der Waals surface area contributed by atoms with E-state index in [-0.39, 0.29) is 23.9 Å². The predicted octanol–water partition coefficient (Wildman–Crippen LogP) is 4.03. The number of carbonyl (C=O) groups is 2. The van der Waals surface area contributed by atoms with Crippen LogP contribution >= 0.6 is 15.9 Å². The van der Waals surface area contributed by atoms with Gasteiger partial charge in [0.2, 0.25) is 5.78 Å². The molecular weight excluding hydrogens is 360 g/mol. The van der Waals surface area contributed by atoms with Crippen LogP contribution in [0.2, 0.25) is 0 Å². The Morgan fingerprint density at radius 1 is 1.26 bits per heavy atom. The van der Waals surface area contributed by atoms with E-state index >= 15 is 0 Å². The van der Waals surface area contributed by atoms with Gasteiger partial charge in [-0.15, -0.1) is 0 Å². The molecule has 3 rings (SSSR count). The van der Waals surface area contributed by atoms with Gasteiger partial charge in [0.25, 0.3) is 0 Å². The van der Waals surface area contributed by atoms with Crippen molar-refractivity contribution in [3.8, 4) is 11.5 Å². The topological polar surface area (TPSA) is 52.6 Å². The van der Waals surface area contributed by atoms with Gasteiger partial charge >= 0.3 is 0 Å². The molecule has 4 nitrogen and oxygen atoms in total. The van der Waals surface area contributed by atoms with Crippen molar-refractivity contribution in [1.29, 1.82) is 0 Å². The molecule has 1 aliphatic heterocycles. The van der Waals surface area contributed by atoms with Gasteiger partial charge in [-0.25, -0.2) is 0 Å². The summed E-state index contributed by atoms with van der Waals surface area (Å²) in [4.78, 5) is 23.4. The van der Waals surface area contributed by atoms with Crippen molar-refractivity contribution < 1.29 is 19.1 Å². The summed E-state index contributed by atoms with van der Waals surface area (Å²) in [5, 5.41) is 0. The Bertz CT molecular complexity index is 824. The lowest BCUT2D eigenvalue weighted by atomic mass is 10.1. The highest BCUT2D eigenvalue weighted by Crippen LogP contribution is 2.35. The number of hydrogen-bond donors (Lipinski definition) is 0. The third kappa shape index (κ3) is 3.35. The third-order valence-corrected chi connectivity index (χ3v) is 4.00. The minimum absolute atomic E-state index is 0.00755. The largest absolute Gasteiger partial charge is 0.486 e. The van der Waals surface area contributed by atoms with E-state index in [1.165, 1.54) is 6.92 Å². The molecule has 0 unspecified atom stereocenters. The lowest BCUT2D eigenvalue weighted by Crippen LogP contribution is -2.06. The van der Waals surface area contributed by atoms with Gasteiger partial charge in [0.05, 0.1) is 5.56 Å². The molecule has 0 aliphatic carbocycles. The number of ether oxygens (including phenoxy) is 2. The van der Waals surface area contributed by atoms with Crippen molar-refractivity contribution in [2.75, 3.05) is 6.61 Å². The van der Waals surface area contributed by atoms with Crippen molar-refractivity contribution in [3.63, 3.8) is 0 Å². The van der Waals surface area contributed by atoms with Gasteiger partial charge in [0, 0.05) is 10.5 Å². The Balaban J connectivity index is 1.87. The van der Waals surface area contributed by atoms with E-state index in [4.69, 9.17) is 9.47 Å². The van der Waals surface area contributed by atoms with Gasteiger partial charge in [0.1, 0.15) is 18.1 Å². The van der Waals surface area contributed by atoms with E-state index < -0.39 is 0 Å². The highest BCUT2D eigenvalue weighted by atomic mass is 79.9. The van der Waals surface area contributed by atoms with Crippen LogP contribution in [0.5, 0.6) is 11.5 Å². The first-order chi connectivity index (χ1) is 11.0. The number of Topliss-reactive ketones (excluding diaryl/α,β-unsaturated/α-hetero) is 2. The van der Waals surface area contributed by atoms with Gasteiger partial charge in [-0.05, 0) is 36.8 Å². The summed E-state index contributed by atoms with van der Waals surface area (Å²) in [7, 11) is 0. The smallest absolute Gasteiger partial charge is 0.231 e. The molecule has 0 atom stereocenters. The number of hydrogen-bond acceptors (Lipinski definition) is 4. The molecule has 0 fully saturated rings. The first-order valence-electron chi connectivity index (χ1n) is 6.99. The first-order valence-corrected chi connectivity index (χ1v) is 7.79. The van der Waals surface area contributed by atoms with Crippen LogP contribution in [0.15, 0.2) is 52.7 Å². The maximum absolute atomic E-state index is 12.4. The third-order valence-electron chi connectivity index (χ3n) is 3.28. The van der Waals surface area contributed by atoms with E-state index in [1.807, 2.05) is 24.3 Å². The highest BCUT2D eigenvalue weighted by Gasteiger charge is 2.27. The van der Waals surface area contributed by atoms with E-state index in [2.05, 4.69) is 15.9 Å². The minimum Gasteiger partial charge on any atom is -0.486 e. The molecule has 5 heteroatoms. The summed E-state index contributed by atoms with van der Waals surface area (Å²) >= 11 is 3.44. The number of carbonyl (C=O) groups excluding carboxylic acids is 2. The van der Waals surface area contributed by atoms with Crippen molar-refractivity contribution >= 4 is 33.6 Å². The number of ketones is 2. The normalized spacial score (nSPS) is 14.5. The summed E-state index contributed by atoms with van der Waals surface area (Å²) in [6.07, 6.45) is 1.70. The number of rotatable bonds is 4. The second-order valence-electron chi connectivity index (χ2n) is 5.11. The molecule has 0 N–H and O–H groups in total. The Labute approximate surface area is 141 Å². The van der Waals surface area contributed by atoms with Crippen molar-refractivity contribution in [2.45, 2.75) is 6.92 Å². The summed E-state index contributed by atoms with van der Waals surface area (Å²) in [5.74, 6) is 0.949. The molecule has 2 aromatic carbocycles. The lowest BCUT2D eigenvalue weighted by molar-refractivity contribution is -0.118. The Morgan fingerprint density at radius 2 is 2.04 bits per heavy atom. The lowest BCUT2D eigenvalue weighted by Gasteiger charge is -2.05. The molecule has 116 valence electrons. The molecule has 0 saturated heterocycles. The average Bonchev–Trinajstić information content (AvgIpc) is 2.83. The Kier molecular flexibility index (Phi) is 4.30. The van der Waals surface area contributed by atoms with Gasteiger partial charge < -0.3 is 9.47 Å². The van der Waals surface area contributed by atoms with Crippen LogP contribution in [0, 0.1) is 0 Å². The summed E-state index contributed by atoms with van der Waals surface area (Å²) < 4.78 is 11.9. The van der Waals surface area contributed by atoms with Crippen LogP contribution in [-0.2, 0) is 4.79 Å². The molecular formula is C18H13BrO4. The summed E-state index contributed by atoms with van der Waals surface area (Å²) in [6, 6.07) is 12.5. The second kappa shape index (κ2) is 6.38. The van der Waals surface area contributed by atoms with Crippen LogP contribution in [0.1, 0.15) is 22.8 Å². The predicted molar refractivity (Wildman–Crippen MR) is 89.7 cm³/mol. The van der Waals surface area contributed by atoms with Crippen molar-refractivity contribution in [1.82, 2.24) is 0 Å². The van der Waals surface area contributed by atoms with Crippen LogP contribution in [-0.4, -0.2) is 18.2 Å². The minimum atomic E-state index is -0.172. The second-order valence-corrected chi connectivity index (χ2v) is 5.96. The first kappa shape index (κ1) is 15.5. The van der Waals surface area contributed by atoms with Crippen molar-refractivity contribution in [2.24, 2.45) is 0 Å². The molecule has 1 heterocycles. The van der Waals surface area contributed by atoms with Gasteiger partial charge in [-0.2, -0.15) is 0 Å². The fourth-order valence-corrected chi connectivity index (χ4v) is 2.57. The van der Waals surface area contributed by atoms with Crippen LogP contribution in [0.4, 0.5) is 0 Å². The molecule has 23 heavy (non-hydrogen) atoms. The Morgan fingerprint density at radius 3 is 2.78 bits per heavy atom. The van der Waals surface area contributed by atoms with Crippen LogP contribution in [0.3, 0.4) is 0 Å². The maximum atomic E-state index is 12.4. The quantitative estimate of drug-likeness (QED) is 0.760. The fourth-order valence-electron chi connectivity index (χ4n) is 2.18. The molecule has 2 aromatic rings. The number of benzene rings is 2. The fraction of sp³-hybridized carbons (Fsp3) is 0.111. The molecule has 0 radical (unpaired) electrons. The van der Waals surface area contributed by atoms with E-state index in [9.17, 15) is 9.59 Å². The standard InChI is InChI=1S/C18H13BrO4/c1-11(20)10-22-13-6-7-14-16(9-13)23-17(18(14)21)8-12-4-2-3-5-15(12)19/h2-9H,10H2,1H3. The molecule has 0 aromatic heterocycles. The molecule has 0 amide bonds. The summed E-state index contributed by atoms with van der Waals surface area (Å²) in [5.41, 5.74) is 1.34. The zero-order valence-corrected chi connectivity index (χ0v) is 13.9. The van der Waals surface area contributed by atoms with Gasteiger partial charge in [-0.1, -0.05) is 34.1 Å². The molecule has 0 saturated carbocycles.